The minimum Gasteiger partial charge on any atom is -0.198 e. The van der Waals surface area contributed by atoms with E-state index in [1.165, 1.54) is 0 Å². The third kappa shape index (κ3) is 3.29. The quantitative estimate of drug-likeness (QED) is 0.766. The Kier molecular flexibility index (Phi) is 4.47. The summed E-state index contributed by atoms with van der Waals surface area (Å²) in [6, 6.07) is 15.7. The molecule has 3 heteroatoms. The van der Waals surface area contributed by atoms with Gasteiger partial charge in [0.2, 0.25) is 0 Å². The van der Waals surface area contributed by atoms with Crippen LogP contribution >= 0.6 is 23.2 Å². The van der Waals surface area contributed by atoms with Crippen LogP contribution in [0.15, 0.2) is 42.5 Å². The number of hydrogen-bond donors (Lipinski definition) is 0. The van der Waals surface area contributed by atoms with Gasteiger partial charge in [0.05, 0.1) is 12.0 Å². The Morgan fingerprint density at radius 1 is 1.16 bits per heavy atom. The van der Waals surface area contributed by atoms with Gasteiger partial charge in [-0.05, 0) is 42.2 Å². The lowest BCUT2D eigenvalue weighted by Crippen LogP contribution is -2.03. The molecule has 0 N–H and O–H groups in total. The number of nitrogens with zero attached hydrogens (tertiary/aromatic N) is 1. The molecule has 0 aromatic heterocycles. The maximum Gasteiger partial charge on any atom is 0.0756 e. The zero-order chi connectivity index (χ0) is 13.8. The minimum absolute atomic E-state index is 0.195. The van der Waals surface area contributed by atoms with E-state index in [2.05, 4.69) is 6.07 Å². The topological polar surface area (TPSA) is 23.8 Å². The molecule has 0 bridgehead atoms. The highest BCUT2D eigenvalue weighted by molar-refractivity contribution is 6.35. The molecule has 0 aliphatic heterocycles. The standard InChI is InChI=1S/C16H13Cl2N/c1-11-4-2-3-5-15(11)13(10-19)8-12-6-7-14(17)9-16(12)18/h2-7,9,13H,8H2,1H3. The zero-order valence-corrected chi connectivity index (χ0v) is 12.0. The van der Waals surface area contributed by atoms with Crippen LogP contribution in [-0.4, -0.2) is 0 Å². The molecule has 0 aliphatic rings. The van der Waals surface area contributed by atoms with Gasteiger partial charge in [-0.2, -0.15) is 5.26 Å². The lowest BCUT2D eigenvalue weighted by atomic mass is 9.90. The van der Waals surface area contributed by atoms with Crippen molar-refractivity contribution < 1.29 is 0 Å². The summed E-state index contributed by atoms with van der Waals surface area (Å²) in [5.41, 5.74) is 3.12. The smallest absolute Gasteiger partial charge is 0.0756 e. The first-order valence-corrected chi connectivity index (χ1v) is 6.76. The van der Waals surface area contributed by atoms with Gasteiger partial charge < -0.3 is 0 Å². The Labute approximate surface area is 123 Å². The van der Waals surface area contributed by atoms with Gasteiger partial charge in [-0.15, -0.1) is 0 Å². The number of nitriles is 1. The predicted molar refractivity (Wildman–Crippen MR) is 79.7 cm³/mol. The van der Waals surface area contributed by atoms with E-state index in [0.29, 0.717) is 16.5 Å². The second kappa shape index (κ2) is 6.10. The largest absolute Gasteiger partial charge is 0.198 e. The second-order valence-electron chi connectivity index (χ2n) is 4.48. The van der Waals surface area contributed by atoms with Crippen molar-refractivity contribution in [3.63, 3.8) is 0 Å². The van der Waals surface area contributed by atoms with Gasteiger partial charge in [0.1, 0.15) is 0 Å². The SMILES string of the molecule is Cc1ccccc1C(C#N)Cc1ccc(Cl)cc1Cl. The molecule has 0 amide bonds. The summed E-state index contributed by atoms with van der Waals surface area (Å²) in [5, 5.41) is 10.6. The van der Waals surface area contributed by atoms with Crippen molar-refractivity contribution in [2.45, 2.75) is 19.3 Å². The van der Waals surface area contributed by atoms with E-state index in [1.807, 2.05) is 37.3 Å². The molecule has 0 fully saturated rings. The zero-order valence-electron chi connectivity index (χ0n) is 10.5. The Hall–Kier alpha value is -1.49. The third-order valence-electron chi connectivity index (χ3n) is 3.16. The van der Waals surface area contributed by atoms with Gasteiger partial charge in [-0.25, -0.2) is 0 Å². The number of rotatable bonds is 3. The molecule has 1 unspecified atom stereocenters. The van der Waals surface area contributed by atoms with Crippen molar-refractivity contribution >= 4 is 23.2 Å². The normalized spacial score (nSPS) is 11.9. The molecule has 1 atom stereocenters. The average molecular weight is 290 g/mol. The molecule has 0 saturated heterocycles. The first-order chi connectivity index (χ1) is 9.11. The maximum atomic E-state index is 9.39. The van der Waals surface area contributed by atoms with Gasteiger partial charge in [0.15, 0.2) is 0 Å². The first kappa shape index (κ1) is 13.9. The fraction of sp³-hybridized carbons (Fsp3) is 0.188. The van der Waals surface area contributed by atoms with Crippen molar-refractivity contribution in [3.05, 3.63) is 69.2 Å². The second-order valence-corrected chi connectivity index (χ2v) is 5.32. The van der Waals surface area contributed by atoms with Crippen LogP contribution in [-0.2, 0) is 6.42 Å². The van der Waals surface area contributed by atoms with E-state index in [4.69, 9.17) is 23.2 Å². The summed E-state index contributed by atoms with van der Waals surface area (Å²) in [5.74, 6) is -0.195. The molecule has 0 radical (unpaired) electrons. The van der Waals surface area contributed by atoms with Crippen LogP contribution < -0.4 is 0 Å². The fourth-order valence-electron chi connectivity index (χ4n) is 2.11. The van der Waals surface area contributed by atoms with E-state index in [1.54, 1.807) is 12.1 Å². The monoisotopic (exact) mass is 289 g/mol. The maximum absolute atomic E-state index is 9.39. The van der Waals surface area contributed by atoms with E-state index >= 15 is 0 Å². The molecule has 1 nitrogen and oxygen atoms in total. The van der Waals surface area contributed by atoms with Crippen LogP contribution in [0.25, 0.3) is 0 Å². The van der Waals surface area contributed by atoms with E-state index in [9.17, 15) is 5.26 Å². The van der Waals surface area contributed by atoms with E-state index in [-0.39, 0.29) is 5.92 Å². The summed E-state index contributed by atoms with van der Waals surface area (Å²) in [7, 11) is 0. The van der Waals surface area contributed by atoms with Crippen LogP contribution in [0.3, 0.4) is 0 Å². The molecule has 2 aromatic carbocycles. The average Bonchev–Trinajstić information content (AvgIpc) is 2.39. The summed E-state index contributed by atoms with van der Waals surface area (Å²) in [6.45, 7) is 2.02. The highest BCUT2D eigenvalue weighted by atomic mass is 35.5. The van der Waals surface area contributed by atoms with Crippen LogP contribution in [0.5, 0.6) is 0 Å². The van der Waals surface area contributed by atoms with Gasteiger partial charge in [-0.1, -0.05) is 53.5 Å². The molecule has 0 saturated carbocycles. The van der Waals surface area contributed by atoms with Gasteiger partial charge in [-0.3, -0.25) is 0 Å². The minimum atomic E-state index is -0.195. The lowest BCUT2D eigenvalue weighted by Gasteiger charge is -2.13. The third-order valence-corrected chi connectivity index (χ3v) is 3.75. The first-order valence-electron chi connectivity index (χ1n) is 6.01. The number of benzene rings is 2. The summed E-state index contributed by atoms with van der Waals surface area (Å²) >= 11 is 12.0. The Balaban J connectivity index is 2.30. The van der Waals surface area contributed by atoms with E-state index < -0.39 is 0 Å². The van der Waals surface area contributed by atoms with Crippen LogP contribution in [0.4, 0.5) is 0 Å². The van der Waals surface area contributed by atoms with Gasteiger partial charge in [0.25, 0.3) is 0 Å². The Bertz CT molecular complexity index is 629. The predicted octanol–water partition coefficient (Wildman–Crippen LogP) is 5.15. The van der Waals surface area contributed by atoms with Crippen molar-refractivity contribution in [2.24, 2.45) is 0 Å². The van der Waals surface area contributed by atoms with Crippen molar-refractivity contribution in [2.75, 3.05) is 0 Å². The van der Waals surface area contributed by atoms with Gasteiger partial charge in [0, 0.05) is 10.0 Å². The number of hydrogen-bond acceptors (Lipinski definition) is 1. The molecule has 0 spiro atoms. The summed E-state index contributed by atoms with van der Waals surface area (Å²) < 4.78 is 0. The van der Waals surface area contributed by atoms with Crippen LogP contribution in [0, 0.1) is 18.3 Å². The van der Waals surface area contributed by atoms with Crippen LogP contribution in [0.1, 0.15) is 22.6 Å². The Morgan fingerprint density at radius 3 is 2.53 bits per heavy atom. The Morgan fingerprint density at radius 2 is 1.89 bits per heavy atom. The molecular formula is C16H13Cl2N. The van der Waals surface area contributed by atoms with Crippen LogP contribution in [0.2, 0.25) is 10.0 Å². The summed E-state index contributed by atoms with van der Waals surface area (Å²) in [4.78, 5) is 0. The number of halogens is 2. The van der Waals surface area contributed by atoms with Crippen molar-refractivity contribution in [1.29, 1.82) is 5.26 Å². The van der Waals surface area contributed by atoms with Crippen molar-refractivity contribution in [1.82, 2.24) is 0 Å². The molecule has 2 aromatic rings. The summed E-state index contributed by atoms with van der Waals surface area (Å²) in [6.07, 6.45) is 0.595. The number of aryl methyl sites for hydroxylation is 1. The fourth-order valence-corrected chi connectivity index (χ4v) is 2.60. The molecule has 96 valence electrons. The van der Waals surface area contributed by atoms with Gasteiger partial charge >= 0.3 is 0 Å². The molecular weight excluding hydrogens is 277 g/mol. The lowest BCUT2D eigenvalue weighted by molar-refractivity contribution is 0.841. The molecule has 19 heavy (non-hydrogen) atoms. The molecule has 0 heterocycles. The van der Waals surface area contributed by atoms with E-state index in [0.717, 1.165) is 16.7 Å². The highest BCUT2D eigenvalue weighted by Crippen LogP contribution is 2.28. The highest BCUT2D eigenvalue weighted by Gasteiger charge is 2.15. The molecule has 2 rings (SSSR count). The van der Waals surface area contributed by atoms with Crippen molar-refractivity contribution in [3.8, 4) is 6.07 Å². The molecule has 0 aliphatic carbocycles.